The number of alkyl halides is 2. The van der Waals surface area contributed by atoms with Crippen LogP contribution in [0.15, 0.2) is 47.4 Å². The molecule has 1 aliphatic carbocycles. The lowest BCUT2D eigenvalue weighted by Crippen LogP contribution is -2.57. The summed E-state index contributed by atoms with van der Waals surface area (Å²) in [5.41, 5.74) is 3.44. The molecule has 4 amide bonds. The Morgan fingerprint density at radius 2 is 1.63 bits per heavy atom. The Morgan fingerprint density at radius 3 is 2.34 bits per heavy atom. The van der Waals surface area contributed by atoms with Crippen LogP contribution in [0.3, 0.4) is 0 Å². The molecular weight excluding hydrogens is 826 g/mol. The number of rotatable bonds is 6. The van der Waals surface area contributed by atoms with E-state index in [1.807, 2.05) is 33.9 Å². The zero-order valence-corrected chi connectivity index (χ0v) is 34.9. The van der Waals surface area contributed by atoms with Crippen LogP contribution >= 0.6 is 11.6 Å². The molecule has 5 aliphatic rings. The number of amides is 4. The van der Waals surface area contributed by atoms with Crippen LogP contribution in [0.4, 0.5) is 42.4 Å². The van der Waals surface area contributed by atoms with Gasteiger partial charge in [-0.05, 0) is 61.6 Å². The Hall–Kier alpha value is -6.24. The van der Waals surface area contributed by atoms with E-state index in [0.29, 0.717) is 106 Å². The second-order valence-corrected chi connectivity index (χ2v) is 17.2. The number of benzene rings is 2. The van der Waals surface area contributed by atoms with Crippen molar-refractivity contribution in [3.63, 3.8) is 0 Å². The fourth-order valence-corrected chi connectivity index (χ4v) is 9.29. The van der Waals surface area contributed by atoms with E-state index in [0.717, 1.165) is 16.6 Å². The van der Waals surface area contributed by atoms with Crippen LogP contribution in [0.2, 0.25) is 5.02 Å². The maximum Gasteiger partial charge on any atom is 0.320 e. The third kappa shape index (κ3) is 7.14. The molecule has 3 aromatic heterocycles. The third-order valence-corrected chi connectivity index (χ3v) is 13.1. The van der Waals surface area contributed by atoms with E-state index >= 15 is 8.78 Å². The van der Waals surface area contributed by atoms with E-state index in [-0.39, 0.29) is 46.6 Å². The van der Waals surface area contributed by atoms with Gasteiger partial charge in [0.1, 0.15) is 5.02 Å². The Balaban J connectivity index is 0.777. The number of piperazine rings is 2. The highest BCUT2D eigenvalue weighted by Gasteiger charge is 2.51. The van der Waals surface area contributed by atoms with E-state index in [4.69, 9.17) is 21.3 Å². The first kappa shape index (κ1) is 39.9. The lowest BCUT2D eigenvalue weighted by molar-refractivity contribution is -0.134. The number of nitrogens with zero attached hydrogens (tertiary/aromatic N) is 9. The van der Waals surface area contributed by atoms with Gasteiger partial charge < -0.3 is 39.5 Å². The van der Waals surface area contributed by atoms with Crippen molar-refractivity contribution in [2.45, 2.75) is 43.6 Å². The molecule has 4 aliphatic heterocycles. The summed E-state index contributed by atoms with van der Waals surface area (Å²) in [6, 6.07) is 10.2. The molecular formula is C42H45ClF2N12O5. The number of aromatic nitrogens is 5. The average molecular weight is 871 g/mol. The number of hydrogen-bond donors (Lipinski definition) is 3. The number of pyridine rings is 1. The van der Waals surface area contributed by atoms with Gasteiger partial charge in [0, 0.05) is 95.0 Å². The highest BCUT2D eigenvalue weighted by Crippen LogP contribution is 2.46. The molecule has 7 heterocycles. The standard InChI is InChI=1S/C42H45ClF2N12O5/c1-52-30-9-5-24(19-28(30)34-35(39(52)60)62-22-42(44,45)36(49-34)23-3-4-23)47-37-29(43)21-46-40(50-37)55-13-17-57(18-14-55)41(61)56-15-11-54(12-16-56)25-6-7-26-31(20-25)53(2)51-33(26)27-8-10-32(58)48-38(27)59/h5-7,9,19-21,23,27,36,49H,3-4,8,10-18,22H2,1-2H3,(H,46,47,50)(H,48,58,59)/t27?,36-/m0/s1. The fraction of sp³-hybridized carbons (Fsp3) is 0.452. The van der Waals surface area contributed by atoms with Gasteiger partial charge in [0.15, 0.2) is 12.4 Å². The van der Waals surface area contributed by atoms with Gasteiger partial charge in [-0.1, -0.05) is 11.6 Å². The molecule has 3 saturated heterocycles. The van der Waals surface area contributed by atoms with Crippen LogP contribution in [0.25, 0.3) is 21.8 Å². The van der Waals surface area contributed by atoms with Crippen molar-refractivity contribution < 1.29 is 27.9 Å². The van der Waals surface area contributed by atoms with Crippen LogP contribution in [-0.4, -0.2) is 123 Å². The maximum atomic E-state index is 15.2. The lowest BCUT2D eigenvalue weighted by atomic mass is 9.93. The van der Waals surface area contributed by atoms with Gasteiger partial charge in [-0.3, -0.25) is 24.4 Å². The number of hydrogen-bond acceptors (Lipinski definition) is 12. The largest absolute Gasteiger partial charge is 0.480 e. The zero-order chi connectivity index (χ0) is 43.0. The van der Waals surface area contributed by atoms with Gasteiger partial charge in [-0.2, -0.15) is 10.1 Å². The second kappa shape index (κ2) is 15.3. The van der Waals surface area contributed by atoms with E-state index in [1.165, 1.54) is 10.8 Å². The van der Waals surface area contributed by atoms with Crippen molar-refractivity contribution in [1.29, 1.82) is 0 Å². The molecule has 3 N–H and O–H groups in total. The molecule has 2 atom stereocenters. The number of piperidine rings is 1. The van der Waals surface area contributed by atoms with E-state index in [9.17, 15) is 19.2 Å². The predicted octanol–water partition coefficient (Wildman–Crippen LogP) is 4.41. The van der Waals surface area contributed by atoms with E-state index < -0.39 is 30.0 Å². The van der Waals surface area contributed by atoms with Crippen LogP contribution in [0.5, 0.6) is 5.75 Å². The maximum absolute atomic E-state index is 15.2. The van der Waals surface area contributed by atoms with Gasteiger partial charge >= 0.3 is 12.0 Å². The number of aryl methyl sites for hydroxylation is 2. The highest BCUT2D eigenvalue weighted by atomic mass is 35.5. The monoisotopic (exact) mass is 870 g/mol. The van der Waals surface area contributed by atoms with Gasteiger partial charge in [0.25, 0.3) is 5.56 Å². The van der Waals surface area contributed by atoms with Crippen molar-refractivity contribution in [1.82, 2.24) is 39.4 Å². The van der Waals surface area contributed by atoms with Crippen LogP contribution in [-0.2, 0) is 23.7 Å². The number of imide groups is 1. The topological polar surface area (TPSA) is 175 Å². The Morgan fingerprint density at radius 1 is 0.903 bits per heavy atom. The minimum absolute atomic E-state index is 0.0154. The van der Waals surface area contributed by atoms with Crippen molar-refractivity contribution in [3.05, 3.63) is 63.7 Å². The van der Waals surface area contributed by atoms with Gasteiger partial charge in [-0.25, -0.2) is 18.6 Å². The number of nitrogens with one attached hydrogen (secondary N) is 3. The van der Waals surface area contributed by atoms with Crippen LogP contribution in [0.1, 0.15) is 37.3 Å². The summed E-state index contributed by atoms with van der Waals surface area (Å²) in [6.07, 6.45) is 3.60. The van der Waals surface area contributed by atoms with Crippen LogP contribution in [0, 0.1) is 5.92 Å². The molecule has 10 rings (SSSR count). The second-order valence-electron chi connectivity index (χ2n) is 16.7. The predicted molar refractivity (Wildman–Crippen MR) is 229 cm³/mol. The molecule has 0 spiro atoms. The molecule has 20 heteroatoms. The quantitative estimate of drug-likeness (QED) is 0.206. The number of fused-ring (bicyclic) bond motifs is 4. The summed E-state index contributed by atoms with van der Waals surface area (Å²) in [5, 5.41) is 15.1. The SMILES string of the molecule is Cn1nc(C2CCC(=O)NC2=O)c2ccc(N3CCN(C(=O)N4CCN(c5ncc(Cl)c(Nc6ccc7c(c6)c6c(c(=O)n7C)OCC(F)(F)[C@H](C7CC7)N6)n5)CC4)CC3)cc21. The summed E-state index contributed by atoms with van der Waals surface area (Å²) in [4.78, 5) is 68.5. The Kier molecular flexibility index (Phi) is 9.83. The number of urea groups is 1. The smallest absolute Gasteiger partial charge is 0.320 e. The summed E-state index contributed by atoms with van der Waals surface area (Å²) in [6.45, 7) is 3.52. The molecule has 5 aromatic rings. The minimum Gasteiger partial charge on any atom is -0.480 e. The Labute approximate surface area is 358 Å². The van der Waals surface area contributed by atoms with Crippen molar-refractivity contribution in [3.8, 4) is 5.75 Å². The van der Waals surface area contributed by atoms with Crippen LogP contribution < -0.4 is 36.0 Å². The highest BCUT2D eigenvalue weighted by molar-refractivity contribution is 6.33. The van der Waals surface area contributed by atoms with Crippen molar-refractivity contribution in [2.75, 3.05) is 79.4 Å². The first-order valence-electron chi connectivity index (χ1n) is 20.9. The number of anilines is 5. The molecule has 4 fully saturated rings. The summed E-state index contributed by atoms with van der Waals surface area (Å²) >= 11 is 6.59. The van der Waals surface area contributed by atoms with Gasteiger partial charge in [-0.15, -0.1) is 0 Å². The summed E-state index contributed by atoms with van der Waals surface area (Å²) in [5.74, 6) is -3.75. The molecule has 0 radical (unpaired) electrons. The van der Waals surface area contributed by atoms with E-state index in [1.54, 1.807) is 29.9 Å². The fourth-order valence-electron chi connectivity index (χ4n) is 9.16. The molecule has 0 bridgehead atoms. The average Bonchev–Trinajstić information content (AvgIpc) is 4.08. The number of carbonyl (C=O) groups excluding carboxylic acids is 3. The first-order chi connectivity index (χ1) is 29.8. The number of ether oxygens (including phenoxy) is 1. The number of carbonyl (C=O) groups is 3. The number of halogens is 3. The molecule has 324 valence electrons. The van der Waals surface area contributed by atoms with Gasteiger partial charge in [0.05, 0.1) is 40.6 Å². The first-order valence-corrected chi connectivity index (χ1v) is 21.3. The molecule has 1 saturated carbocycles. The Bertz CT molecular complexity index is 2710. The summed E-state index contributed by atoms with van der Waals surface area (Å²) < 4.78 is 39.0. The molecule has 2 aromatic carbocycles. The zero-order valence-electron chi connectivity index (χ0n) is 34.2. The normalized spacial score (nSPS) is 21.6. The lowest BCUT2D eigenvalue weighted by Gasteiger charge is -2.41. The van der Waals surface area contributed by atoms with Crippen molar-refractivity contribution >= 4 is 80.1 Å². The molecule has 62 heavy (non-hydrogen) atoms. The third-order valence-electron chi connectivity index (χ3n) is 12.8. The van der Waals surface area contributed by atoms with Gasteiger partial charge in [0.2, 0.25) is 23.5 Å². The molecule has 1 unspecified atom stereocenters. The van der Waals surface area contributed by atoms with Crippen molar-refractivity contribution in [2.24, 2.45) is 20.0 Å². The van der Waals surface area contributed by atoms with E-state index in [2.05, 4.69) is 37.0 Å². The molecule has 17 nitrogen and oxygen atoms in total. The minimum atomic E-state index is -3.15. The summed E-state index contributed by atoms with van der Waals surface area (Å²) in [7, 11) is 3.44.